The fourth-order valence-electron chi connectivity index (χ4n) is 3.12. The van der Waals surface area contributed by atoms with E-state index >= 15 is 0 Å². The number of aromatic nitrogens is 4. The summed E-state index contributed by atoms with van der Waals surface area (Å²) in [6.07, 6.45) is 0. The third-order valence-corrected chi connectivity index (χ3v) is 5.32. The summed E-state index contributed by atoms with van der Waals surface area (Å²) < 4.78 is 1.72. The number of thioether (sulfide) groups is 1. The molecule has 6 nitrogen and oxygen atoms in total. The van der Waals surface area contributed by atoms with Crippen molar-refractivity contribution >= 4 is 29.0 Å². The first-order chi connectivity index (χ1) is 14.0. The monoisotopic (exact) mass is 403 g/mol. The van der Waals surface area contributed by atoms with E-state index in [0.29, 0.717) is 11.5 Å². The molecule has 7 heteroatoms. The Labute approximate surface area is 173 Å². The van der Waals surface area contributed by atoms with Crippen LogP contribution in [0.25, 0.3) is 17.0 Å². The molecule has 2 heterocycles. The van der Waals surface area contributed by atoms with Crippen molar-refractivity contribution in [2.45, 2.75) is 25.8 Å². The second-order valence-electron chi connectivity index (χ2n) is 7.04. The first-order valence-electron chi connectivity index (χ1n) is 9.28. The van der Waals surface area contributed by atoms with Crippen LogP contribution in [0.5, 0.6) is 0 Å². The van der Waals surface area contributed by atoms with Gasteiger partial charge in [0.05, 0.1) is 5.75 Å². The molecule has 29 heavy (non-hydrogen) atoms. The van der Waals surface area contributed by atoms with E-state index in [0.717, 1.165) is 27.4 Å². The SMILES string of the molecule is Cc1ccc(-c2nnc3ccc(SCC(=O)Nc4cc(C)cc(C)c4)nn23)cc1. The summed E-state index contributed by atoms with van der Waals surface area (Å²) in [7, 11) is 0. The van der Waals surface area contributed by atoms with E-state index < -0.39 is 0 Å². The van der Waals surface area contributed by atoms with Crippen molar-refractivity contribution < 1.29 is 4.79 Å². The zero-order valence-corrected chi connectivity index (χ0v) is 17.3. The van der Waals surface area contributed by atoms with Gasteiger partial charge in [-0.3, -0.25) is 4.79 Å². The molecule has 0 radical (unpaired) electrons. The number of hydrogen-bond acceptors (Lipinski definition) is 5. The molecule has 0 unspecified atom stereocenters. The number of carbonyl (C=O) groups excluding carboxylic acids is 1. The Kier molecular flexibility index (Phi) is 5.31. The first kappa shape index (κ1) is 19.1. The zero-order chi connectivity index (χ0) is 20.4. The van der Waals surface area contributed by atoms with Gasteiger partial charge in [0.2, 0.25) is 5.91 Å². The maximum atomic E-state index is 12.4. The number of nitrogens with one attached hydrogen (secondary N) is 1. The highest BCUT2D eigenvalue weighted by Gasteiger charge is 2.11. The molecule has 0 aliphatic carbocycles. The standard InChI is InChI=1S/C22H21N5OS/c1-14-4-6-17(7-5-14)22-25-24-19-8-9-21(26-27(19)22)29-13-20(28)23-18-11-15(2)10-16(3)12-18/h4-12H,13H2,1-3H3,(H,23,28). The Balaban J connectivity index is 1.49. The predicted molar refractivity (Wildman–Crippen MR) is 116 cm³/mol. The highest BCUT2D eigenvalue weighted by Crippen LogP contribution is 2.21. The molecule has 0 fully saturated rings. The third kappa shape index (κ3) is 4.46. The van der Waals surface area contributed by atoms with Gasteiger partial charge < -0.3 is 5.32 Å². The van der Waals surface area contributed by atoms with Gasteiger partial charge in [0.15, 0.2) is 11.5 Å². The lowest BCUT2D eigenvalue weighted by atomic mass is 10.1. The number of hydrogen-bond donors (Lipinski definition) is 1. The van der Waals surface area contributed by atoms with Crippen molar-refractivity contribution in [2.24, 2.45) is 0 Å². The molecule has 0 saturated carbocycles. The Morgan fingerprint density at radius 1 is 0.931 bits per heavy atom. The second kappa shape index (κ2) is 8.05. The lowest BCUT2D eigenvalue weighted by molar-refractivity contribution is -0.113. The van der Waals surface area contributed by atoms with Gasteiger partial charge in [0.1, 0.15) is 5.03 Å². The summed E-state index contributed by atoms with van der Waals surface area (Å²) in [5.74, 6) is 0.888. The summed E-state index contributed by atoms with van der Waals surface area (Å²) in [6, 6.07) is 17.8. The van der Waals surface area contributed by atoms with Gasteiger partial charge in [-0.15, -0.1) is 10.2 Å². The lowest BCUT2D eigenvalue weighted by Crippen LogP contribution is -2.14. The van der Waals surface area contributed by atoms with Crippen LogP contribution >= 0.6 is 11.8 Å². The number of anilines is 1. The van der Waals surface area contributed by atoms with E-state index in [1.807, 2.05) is 69.3 Å². The van der Waals surface area contributed by atoms with Crippen molar-refractivity contribution in [1.82, 2.24) is 19.8 Å². The molecule has 1 N–H and O–H groups in total. The van der Waals surface area contributed by atoms with E-state index in [4.69, 9.17) is 0 Å². The Morgan fingerprint density at radius 2 is 1.66 bits per heavy atom. The molecule has 2 aromatic carbocycles. The largest absolute Gasteiger partial charge is 0.325 e. The number of carbonyl (C=O) groups is 1. The molecule has 0 atom stereocenters. The van der Waals surface area contributed by atoms with Gasteiger partial charge in [0, 0.05) is 11.3 Å². The van der Waals surface area contributed by atoms with Gasteiger partial charge in [-0.1, -0.05) is 47.7 Å². The minimum absolute atomic E-state index is 0.0654. The Bertz CT molecular complexity index is 1160. The summed E-state index contributed by atoms with van der Waals surface area (Å²) in [6.45, 7) is 6.07. The van der Waals surface area contributed by atoms with Crippen molar-refractivity contribution in [3.8, 4) is 11.4 Å². The first-order valence-corrected chi connectivity index (χ1v) is 10.3. The quantitative estimate of drug-likeness (QED) is 0.499. The van der Waals surface area contributed by atoms with Crippen LogP contribution in [0.15, 0.2) is 59.6 Å². The van der Waals surface area contributed by atoms with E-state index in [1.165, 1.54) is 17.3 Å². The molecule has 0 bridgehead atoms. The zero-order valence-electron chi connectivity index (χ0n) is 16.5. The normalized spacial score (nSPS) is 11.0. The number of fused-ring (bicyclic) bond motifs is 1. The molecule has 0 aliphatic rings. The molecule has 4 rings (SSSR count). The molecular weight excluding hydrogens is 382 g/mol. The average Bonchev–Trinajstić information content (AvgIpc) is 3.09. The van der Waals surface area contributed by atoms with Crippen LogP contribution in [0.1, 0.15) is 16.7 Å². The molecule has 146 valence electrons. The lowest BCUT2D eigenvalue weighted by Gasteiger charge is -2.07. The van der Waals surface area contributed by atoms with Crippen LogP contribution in [0.2, 0.25) is 0 Å². The predicted octanol–water partition coefficient (Wildman–Crippen LogP) is 4.45. The number of amides is 1. The van der Waals surface area contributed by atoms with E-state index in [-0.39, 0.29) is 11.7 Å². The Hall–Kier alpha value is -3.19. The molecule has 0 saturated heterocycles. The van der Waals surface area contributed by atoms with E-state index in [2.05, 4.69) is 26.7 Å². The molecule has 4 aromatic rings. The van der Waals surface area contributed by atoms with Crippen molar-refractivity contribution in [3.05, 3.63) is 71.3 Å². The summed E-state index contributed by atoms with van der Waals surface area (Å²) in [5, 5.41) is 16.8. The topological polar surface area (TPSA) is 72.2 Å². The summed E-state index contributed by atoms with van der Waals surface area (Å²) in [4.78, 5) is 12.4. The van der Waals surface area contributed by atoms with Gasteiger partial charge in [-0.2, -0.15) is 9.61 Å². The molecule has 2 aromatic heterocycles. The van der Waals surface area contributed by atoms with E-state index in [1.54, 1.807) is 4.52 Å². The summed E-state index contributed by atoms with van der Waals surface area (Å²) >= 11 is 1.38. The van der Waals surface area contributed by atoms with Crippen LogP contribution in [-0.2, 0) is 4.79 Å². The molecule has 0 spiro atoms. The molecular formula is C22H21N5OS. The van der Waals surface area contributed by atoms with Gasteiger partial charge in [-0.05, 0) is 56.2 Å². The minimum atomic E-state index is -0.0654. The number of rotatable bonds is 5. The number of aryl methyl sites for hydroxylation is 3. The van der Waals surface area contributed by atoms with Crippen LogP contribution in [0, 0.1) is 20.8 Å². The van der Waals surface area contributed by atoms with Crippen LogP contribution < -0.4 is 5.32 Å². The highest BCUT2D eigenvalue weighted by molar-refractivity contribution is 7.99. The van der Waals surface area contributed by atoms with Crippen LogP contribution in [0.4, 0.5) is 5.69 Å². The van der Waals surface area contributed by atoms with Crippen molar-refractivity contribution in [3.63, 3.8) is 0 Å². The molecule has 1 amide bonds. The van der Waals surface area contributed by atoms with Crippen molar-refractivity contribution in [2.75, 3.05) is 11.1 Å². The maximum absolute atomic E-state index is 12.4. The van der Waals surface area contributed by atoms with Gasteiger partial charge in [0.25, 0.3) is 0 Å². The van der Waals surface area contributed by atoms with Crippen LogP contribution in [0.3, 0.4) is 0 Å². The average molecular weight is 404 g/mol. The molecule has 0 aliphatic heterocycles. The third-order valence-electron chi connectivity index (χ3n) is 4.40. The fraction of sp³-hybridized carbons (Fsp3) is 0.182. The maximum Gasteiger partial charge on any atom is 0.234 e. The summed E-state index contributed by atoms with van der Waals surface area (Å²) in [5.41, 5.74) is 5.86. The minimum Gasteiger partial charge on any atom is -0.325 e. The van der Waals surface area contributed by atoms with Crippen molar-refractivity contribution in [1.29, 1.82) is 0 Å². The fourth-order valence-corrected chi connectivity index (χ4v) is 3.77. The second-order valence-corrected chi connectivity index (χ2v) is 8.04. The Morgan fingerprint density at radius 3 is 2.38 bits per heavy atom. The van der Waals surface area contributed by atoms with Crippen LogP contribution in [-0.4, -0.2) is 31.5 Å². The smallest absolute Gasteiger partial charge is 0.234 e. The number of nitrogens with zero attached hydrogens (tertiary/aromatic N) is 4. The van der Waals surface area contributed by atoms with Gasteiger partial charge >= 0.3 is 0 Å². The number of benzene rings is 2. The highest BCUT2D eigenvalue weighted by atomic mass is 32.2. The van der Waals surface area contributed by atoms with Gasteiger partial charge in [-0.25, -0.2) is 0 Å². The van der Waals surface area contributed by atoms with E-state index in [9.17, 15) is 4.79 Å².